The molecular formula is C22H28O2. The predicted molar refractivity (Wildman–Crippen MR) is 99.7 cm³/mol. The van der Waals surface area contributed by atoms with Crippen LogP contribution < -0.4 is 0 Å². The molecular weight excluding hydrogens is 296 g/mol. The van der Waals surface area contributed by atoms with E-state index in [1.165, 1.54) is 5.56 Å². The molecule has 1 aromatic rings. The van der Waals surface area contributed by atoms with E-state index in [0.29, 0.717) is 12.5 Å². The van der Waals surface area contributed by atoms with Crippen molar-refractivity contribution in [2.24, 2.45) is 11.8 Å². The summed E-state index contributed by atoms with van der Waals surface area (Å²) in [7, 11) is 0. The van der Waals surface area contributed by atoms with Crippen molar-refractivity contribution in [3.8, 4) is 0 Å². The fraction of sp³-hybridized carbons (Fsp3) is 0.409. The van der Waals surface area contributed by atoms with E-state index < -0.39 is 0 Å². The fourth-order valence-corrected chi connectivity index (χ4v) is 3.33. The van der Waals surface area contributed by atoms with E-state index in [2.05, 4.69) is 43.8 Å². The molecule has 1 saturated carbocycles. The molecule has 1 unspecified atom stereocenters. The molecule has 2 heteroatoms. The van der Waals surface area contributed by atoms with Crippen LogP contribution in [0.25, 0.3) is 0 Å². The largest absolute Gasteiger partial charge is 0.465 e. The van der Waals surface area contributed by atoms with Gasteiger partial charge < -0.3 is 4.74 Å². The first kappa shape index (κ1) is 18.3. The number of unbranched alkanes of at least 4 members (excludes halogenated alkanes) is 1. The highest BCUT2D eigenvalue weighted by Gasteiger charge is 2.38. The van der Waals surface area contributed by atoms with Crippen molar-refractivity contribution >= 4 is 5.97 Å². The highest BCUT2D eigenvalue weighted by atomic mass is 16.5. The Morgan fingerprint density at radius 2 is 2.00 bits per heavy atom. The van der Waals surface area contributed by atoms with Gasteiger partial charge in [0.25, 0.3) is 0 Å². The van der Waals surface area contributed by atoms with Gasteiger partial charge in [-0.05, 0) is 36.7 Å². The minimum absolute atomic E-state index is 0.0377. The molecule has 0 saturated heterocycles. The van der Waals surface area contributed by atoms with Gasteiger partial charge in [-0.2, -0.15) is 0 Å². The number of carbonyl (C=O) groups is 1. The van der Waals surface area contributed by atoms with E-state index in [-0.39, 0.29) is 17.8 Å². The summed E-state index contributed by atoms with van der Waals surface area (Å²) in [5.41, 5.74) is 1.32. The molecule has 1 aromatic carbocycles. The van der Waals surface area contributed by atoms with Crippen molar-refractivity contribution < 1.29 is 9.53 Å². The molecule has 0 amide bonds. The van der Waals surface area contributed by atoms with Gasteiger partial charge in [0.2, 0.25) is 0 Å². The Hall–Kier alpha value is -2.09. The van der Waals surface area contributed by atoms with Crippen LogP contribution >= 0.6 is 0 Å². The van der Waals surface area contributed by atoms with Gasteiger partial charge in [-0.15, -0.1) is 0 Å². The summed E-state index contributed by atoms with van der Waals surface area (Å²) in [4.78, 5) is 12.5. The number of benzene rings is 1. The summed E-state index contributed by atoms with van der Waals surface area (Å²) in [5.74, 6) is 0.580. The first-order valence-electron chi connectivity index (χ1n) is 8.93. The third-order valence-electron chi connectivity index (χ3n) is 4.64. The van der Waals surface area contributed by atoms with Crippen LogP contribution in [-0.2, 0) is 9.53 Å². The summed E-state index contributed by atoms with van der Waals surface area (Å²) < 4.78 is 5.50. The number of hydrogen-bond acceptors (Lipinski definition) is 2. The van der Waals surface area contributed by atoms with E-state index in [1.807, 2.05) is 24.3 Å². The number of ether oxygens (including phenoxy) is 1. The molecule has 2 nitrogen and oxygen atoms in total. The molecule has 0 aromatic heterocycles. The maximum absolute atomic E-state index is 12.5. The second-order valence-corrected chi connectivity index (χ2v) is 6.38. The minimum Gasteiger partial charge on any atom is -0.465 e. The smallest absolute Gasteiger partial charge is 0.309 e. The van der Waals surface area contributed by atoms with Gasteiger partial charge in [0.15, 0.2) is 0 Å². The van der Waals surface area contributed by atoms with Crippen molar-refractivity contribution in [2.75, 3.05) is 6.61 Å². The SMILES string of the molecule is C=C/C=C\C=C/C1C[C@@H](c2ccccc2)C[C@H]1C(=O)OCCCC. The summed E-state index contributed by atoms with van der Waals surface area (Å²) >= 11 is 0. The molecule has 1 aliphatic rings. The van der Waals surface area contributed by atoms with Crippen molar-refractivity contribution in [2.45, 2.75) is 38.5 Å². The molecule has 0 bridgehead atoms. The zero-order valence-corrected chi connectivity index (χ0v) is 14.6. The number of hydrogen-bond donors (Lipinski definition) is 0. The molecule has 1 aliphatic carbocycles. The lowest BCUT2D eigenvalue weighted by Crippen LogP contribution is -2.21. The third kappa shape index (κ3) is 5.23. The normalized spacial score (nSPS) is 23.8. The number of rotatable bonds is 8. The Labute approximate surface area is 145 Å². The van der Waals surface area contributed by atoms with Gasteiger partial charge in [0, 0.05) is 0 Å². The van der Waals surface area contributed by atoms with E-state index >= 15 is 0 Å². The van der Waals surface area contributed by atoms with E-state index in [1.54, 1.807) is 6.08 Å². The van der Waals surface area contributed by atoms with Crippen LogP contribution in [0.15, 0.2) is 67.3 Å². The van der Waals surface area contributed by atoms with Gasteiger partial charge in [-0.1, -0.05) is 80.6 Å². The molecule has 0 spiro atoms. The summed E-state index contributed by atoms with van der Waals surface area (Å²) in [6.45, 7) is 6.31. The van der Waals surface area contributed by atoms with Gasteiger partial charge in [0.1, 0.15) is 0 Å². The Morgan fingerprint density at radius 3 is 2.71 bits per heavy atom. The van der Waals surface area contributed by atoms with E-state index in [4.69, 9.17) is 4.74 Å². The maximum atomic E-state index is 12.5. The van der Waals surface area contributed by atoms with Gasteiger partial charge in [-0.25, -0.2) is 0 Å². The lowest BCUT2D eigenvalue weighted by atomic mass is 9.95. The first-order valence-corrected chi connectivity index (χ1v) is 8.93. The van der Waals surface area contributed by atoms with Crippen molar-refractivity contribution in [3.63, 3.8) is 0 Å². The average Bonchev–Trinajstić information content (AvgIpc) is 3.04. The van der Waals surface area contributed by atoms with Crippen LogP contribution in [0, 0.1) is 11.8 Å². The molecule has 0 heterocycles. The molecule has 0 aliphatic heterocycles. The van der Waals surface area contributed by atoms with Crippen LogP contribution in [0.4, 0.5) is 0 Å². The fourth-order valence-electron chi connectivity index (χ4n) is 3.33. The quantitative estimate of drug-likeness (QED) is 0.362. The zero-order valence-electron chi connectivity index (χ0n) is 14.6. The molecule has 24 heavy (non-hydrogen) atoms. The maximum Gasteiger partial charge on any atom is 0.309 e. The number of carbonyl (C=O) groups excluding carboxylic acids is 1. The lowest BCUT2D eigenvalue weighted by Gasteiger charge is -2.15. The Morgan fingerprint density at radius 1 is 1.21 bits per heavy atom. The Kier molecular flexibility index (Phi) is 7.54. The standard InChI is InChI=1S/C22H28O2/c1-3-5-7-9-14-19-16-20(18-12-10-8-11-13-18)17-21(19)22(23)24-15-6-4-2/h3,5,7-14,19-21H,1,4,6,15-17H2,2H3/b7-5-,14-9-/t19?,20-,21-/m1/s1. The summed E-state index contributed by atoms with van der Waals surface area (Å²) in [5, 5.41) is 0. The Balaban J connectivity index is 2.07. The molecule has 0 N–H and O–H groups in total. The van der Waals surface area contributed by atoms with E-state index in [9.17, 15) is 4.79 Å². The predicted octanol–water partition coefficient (Wildman–Crippen LogP) is 5.44. The summed E-state index contributed by atoms with van der Waals surface area (Å²) in [6, 6.07) is 10.5. The van der Waals surface area contributed by atoms with Crippen LogP contribution in [0.3, 0.4) is 0 Å². The topological polar surface area (TPSA) is 26.3 Å². The van der Waals surface area contributed by atoms with E-state index in [0.717, 1.165) is 25.7 Å². The average molecular weight is 324 g/mol. The second-order valence-electron chi connectivity index (χ2n) is 6.38. The monoisotopic (exact) mass is 324 g/mol. The first-order chi connectivity index (χ1) is 11.8. The summed E-state index contributed by atoms with van der Waals surface area (Å²) in [6.07, 6.45) is 13.6. The van der Waals surface area contributed by atoms with Crippen LogP contribution in [0.2, 0.25) is 0 Å². The van der Waals surface area contributed by atoms with Crippen LogP contribution in [0.5, 0.6) is 0 Å². The number of allylic oxidation sites excluding steroid dienone is 5. The lowest BCUT2D eigenvalue weighted by molar-refractivity contribution is -0.149. The highest BCUT2D eigenvalue weighted by molar-refractivity contribution is 5.73. The Bertz CT molecular complexity index is 571. The third-order valence-corrected chi connectivity index (χ3v) is 4.64. The van der Waals surface area contributed by atoms with Crippen molar-refractivity contribution in [1.82, 2.24) is 0 Å². The molecule has 128 valence electrons. The highest BCUT2D eigenvalue weighted by Crippen LogP contribution is 2.43. The molecule has 3 atom stereocenters. The van der Waals surface area contributed by atoms with Crippen LogP contribution in [-0.4, -0.2) is 12.6 Å². The number of esters is 1. The minimum atomic E-state index is -0.0413. The molecule has 2 rings (SSSR count). The van der Waals surface area contributed by atoms with Gasteiger partial charge in [0.05, 0.1) is 12.5 Å². The molecule has 0 radical (unpaired) electrons. The zero-order chi connectivity index (χ0) is 17.2. The van der Waals surface area contributed by atoms with Crippen molar-refractivity contribution in [3.05, 3.63) is 72.9 Å². The van der Waals surface area contributed by atoms with Gasteiger partial charge in [-0.3, -0.25) is 4.79 Å². The molecule has 1 fully saturated rings. The van der Waals surface area contributed by atoms with Crippen molar-refractivity contribution in [1.29, 1.82) is 0 Å². The van der Waals surface area contributed by atoms with Crippen LogP contribution in [0.1, 0.15) is 44.1 Å². The second kappa shape index (κ2) is 9.92. The van der Waals surface area contributed by atoms with Gasteiger partial charge >= 0.3 is 5.97 Å².